The zero-order valence-corrected chi connectivity index (χ0v) is 16.5. The number of thioether (sulfide) groups is 1. The Bertz CT molecular complexity index is 942. The lowest BCUT2D eigenvalue weighted by atomic mass is 10.3. The van der Waals surface area contributed by atoms with Crippen LogP contribution in [0.2, 0.25) is 0 Å². The average molecular weight is 399 g/mol. The molecule has 0 unspecified atom stereocenters. The van der Waals surface area contributed by atoms with E-state index >= 15 is 0 Å². The molecule has 6 nitrogen and oxygen atoms in total. The molecule has 1 N–H and O–H groups in total. The second kappa shape index (κ2) is 8.79. The van der Waals surface area contributed by atoms with E-state index in [1.54, 1.807) is 26.4 Å². The maximum atomic E-state index is 12.4. The predicted octanol–water partition coefficient (Wildman–Crippen LogP) is 4.16. The van der Waals surface area contributed by atoms with E-state index in [-0.39, 0.29) is 17.6 Å². The summed E-state index contributed by atoms with van der Waals surface area (Å²) in [5.41, 5.74) is 2.09. The van der Waals surface area contributed by atoms with Crippen LogP contribution in [0.15, 0.2) is 58.9 Å². The average Bonchev–Trinajstić information content (AvgIpc) is 3.12. The van der Waals surface area contributed by atoms with Gasteiger partial charge in [-0.15, -0.1) is 11.3 Å². The molecule has 0 radical (unpaired) electrons. The maximum Gasteiger partial charge on any atom is 0.286 e. The molecule has 0 saturated heterocycles. The van der Waals surface area contributed by atoms with Gasteiger partial charge in [-0.25, -0.2) is 4.98 Å². The van der Waals surface area contributed by atoms with Crippen molar-refractivity contribution in [1.29, 1.82) is 0 Å². The number of anilines is 1. The van der Waals surface area contributed by atoms with Gasteiger partial charge < -0.3 is 10.2 Å². The molecule has 0 aliphatic heterocycles. The van der Waals surface area contributed by atoms with Crippen molar-refractivity contribution in [3.63, 3.8) is 0 Å². The number of para-hydroxylation sites is 1. The number of nitrogens with zero attached hydrogens (tertiary/aromatic N) is 3. The zero-order chi connectivity index (χ0) is 19.2. The molecule has 0 bridgehead atoms. The molecule has 0 spiro atoms. The number of rotatable bonds is 5. The quantitative estimate of drug-likeness (QED) is 0.653. The van der Waals surface area contributed by atoms with Crippen molar-refractivity contribution in [2.75, 3.05) is 19.4 Å². The van der Waals surface area contributed by atoms with Gasteiger partial charge in [0, 0.05) is 30.6 Å². The molecule has 2 aromatic heterocycles. The molecule has 3 rings (SSSR count). The minimum atomic E-state index is -0.182. The van der Waals surface area contributed by atoms with Gasteiger partial charge in [0.05, 0.1) is 23.5 Å². The van der Waals surface area contributed by atoms with Crippen LogP contribution in [-0.2, 0) is 11.2 Å². The number of amides is 2. The number of carbonyl (C=O) groups is 2. The molecule has 0 aliphatic rings. The lowest BCUT2D eigenvalue weighted by Gasteiger charge is -2.12. The number of hydrogen-bond acceptors (Lipinski definition) is 6. The smallest absolute Gasteiger partial charge is 0.286 e. The molecular formula is C19H18N4O2S2. The molecule has 0 atom stereocenters. The highest BCUT2D eigenvalue weighted by Crippen LogP contribution is 2.29. The van der Waals surface area contributed by atoms with E-state index in [0.717, 1.165) is 22.5 Å². The Morgan fingerprint density at radius 1 is 1.15 bits per heavy atom. The summed E-state index contributed by atoms with van der Waals surface area (Å²) >= 11 is 2.54. The SMILES string of the molecule is CN(C)C(=O)Sc1ccccc1NC(=O)Cc1csc(-c2ccccn2)n1. The van der Waals surface area contributed by atoms with Crippen molar-refractivity contribution >= 4 is 39.9 Å². The third-order valence-electron chi connectivity index (χ3n) is 3.50. The van der Waals surface area contributed by atoms with Gasteiger partial charge in [0.1, 0.15) is 5.01 Å². The summed E-state index contributed by atoms with van der Waals surface area (Å²) in [5.74, 6) is -0.182. The summed E-state index contributed by atoms with van der Waals surface area (Å²) < 4.78 is 0. The molecule has 0 fully saturated rings. The highest BCUT2D eigenvalue weighted by atomic mass is 32.2. The largest absolute Gasteiger partial charge is 0.339 e. The van der Waals surface area contributed by atoms with Crippen LogP contribution in [0.25, 0.3) is 10.7 Å². The van der Waals surface area contributed by atoms with E-state index in [9.17, 15) is 9.59 Å². The minimum absolute atomic E-state index is 0.101. The standard InChI is InChI=1S/C19H18N4O2S2/c1-23(2)19(25)27-16-9-4-3-7-14(16)22-17(24)11-13-12-26-18(21-13)15-8-5-6-10-20-15/h3-10,12H,11H2,1-2H3,(H,22,24). The molecule has 3 aromatic rings. The summed E-state index contributed by atoms with van der Waals surface area (Å²) in [5, 5.41) is 5.41. The van der Waals surface area contributed by atoms with Crippen molar-refractivity contribution in [3.8, 4) is 10.7 Å². The number of aromatic nitrogens is 2. The molecule has 0 aliphatic carbocycles. The van der Waals surface area contributed by atoms with Gasteiger partial charge in [0.15, 0.2) is 0 Å². The highest BCUT2D eigenvalue weighted by molar-refractivity contribution is 8.13. The third-order valence-corrected chi connectivity index (χ3v) is 5.53. The van der Waals surface area contributed by atoms with Crippen molar-refractivity contribution in [2.24, 2.45) is 0 Å². The Morgan fingerprint density at radius 3 is 2.67 bits per heavy atom. The first-order valence-corrected chi connectivity index (χ1v) is 9.86. The van der Waals surface area contributed by atoms with Gasteiger partial charge in [0.25, 0.3) is 5.24 Å². The van der Waals surface area contributed by atoms with Crippen molar-refractivity contribution in [2.45, 2.75) is 11.3 Å². The van der Waals surface area contributed by atoms with Crippen LogP contribution < -0.4 is 5.32 Å². The van der Waals surface area contributed by atoms with Gasteiger partial charge in [-0.2, -0.15) is 0 Å². The highest BCUT2D eigenvalue weighted by Gasteiger charge is 2.14. The molecule has 8 heteroatoms. The summed E-state index contributed by atoms with van der Waals surface area (Å²) in [4.78, 5) is 35.3. The summed E-state index contributed by atoms with van der Waals surface area (Å²) in [6.07, 6.45) is 1.87. The third kappa shape index (κ3) is 5.15. The van der Waals surface area contributed by atoms with Gasteiger partial charge in [-0.05, 0) is 36.0 Å². The Balaban J connectivity index is 1.67. The van der Waals surface area contributed by atoms with Gasteiger partial charge in [-0.1, -0.05) is 18.2 Å². The summed E-state index contributed by atoms with van der Waals surface area (Å²) in [7, 11) is 3.38. The summed E-state index contributed by atoms with van der Waals surface area (Å²) in [6, 6.07) is 12.9. The fourth-order valence-corrected chi connectivity index (χ4v) is 3.74. The van der Waals surface area contributed by atoms with Gasteiger partial charge in [0.2, 0.25) is 5.91 Å². The van der Waals surface area contributed by atoms with Crippen LogP contribution in [0.4, 0.5) is 10.5 Å². The zero-order valence-electron chi connectivity index (χ0n) is 14.9. The second-order valence-corrected chi connectivity index (χ2v) is 7.69. The predicted molar refractivity (Wildman–Crippen MR) is 109 cm³/mol. The fraction of sp³-hybridized carbons (Fsp3) is 0.158. The van der Waals surface area contributed by atoms with E-state index in [4.69, 9.17) is 0 Å². The number of hydrogen-bond donors (Lipinski definition) is 1. The van der Waals surface area contributed by atoms with E-state index in [2.05, 4.69) is 15.3 Å². The van der Waals surface area contributed by atoms with Crippen LogP contribution in [0, 0.1) is 0 Å². The van der Waals surface area contributed by atoms with E-state index in [1.807, 2.05) is 41.8 Å². The van der Waals surface area contributed by atoms with Crippen LogP contribution in [-0.4, -0.2) is 40.1 Å². The first-order chi connectivity index (χ1) is 13.0. The van der Waals surface area contributed by atoms with E-state index < -0.39 is 0 Å². The van der Waals surface area contributed by atoms with Crippen LogP contribution in [0.3, 0.4) is 0 Å². The van der Waals surface area contributed by atoms with Gasteiger partial charge in [-0.3, -0.25) is 14.6 Å². The summed E-state index contributed by atoms with van der Waals surface area (Å²) in [6.45, 7) is 0. The Kier molecular flexibility index (Phi) is 6.20. The first-order valence-electron chi connectivity index (χ1n) is 8.17. The monoisotopic (exact) mass is 398 g/mol. The maximum absolute atomic E-state index is 12.4. The molecule has 27 heavy (non-hydrogen) atoms. The fourth-order valence-electron chi connectivity index (χ4n) is 2.20. The minimum Gasteiger partial charge on any atom is -0.339 e. The second-order valence-electron chi connectivity index (χ2n) is 5.84. The molecule has 2 heterocycles. The lowest BCUT2D eigenvalue weighted by molar-refractivity contribution is -0.115. The first kappa shape index (κ1) is 19.1. The van der Waals surface area contributed by atoms with E-state index in [1.165, 1.54) is 16.2 Å². The van der Waals surface area contributed by atoms with Gasteiger partial charge >= 0.3 is 0 Å². The topological polar surface area (TPSA) is 75.2 Å². The van der Waals surface area contributed by atoms with Crippen LogP contribution in [0.1, 0.15) is 5.69 Å². The van der Waals surface area contributed by atoms with Crippen molar-refractivity contribution in [1.82, 2.24) is 14.9 Å². The normalized spacial score (nSPS) is 10.4. The number of thiazole rings is 1. The van der Waals surface area contributed by atoms with E-state index in [0.29, 0.717) is 16.3 Å². The number of nitrogens with one attached hydrogen (secondary N) is 1. The molecule has 2 amide bonds. The van der Waals surface area contributed by atoms with Crippen LogP contribution >= 0.6 is 23.1 Å². The van der Waals surface area contributed by atoms with Crippen molar-refractivity contribution in [3.05, 3.63) is 59.7 Å². The number of pyridine rings is 1. The Morgan fingerprint density at radius 2 is 1.93 bits per heavy atom. The molecule has 138 valence electrons. The Labute approximate surface area is 165 Å². The molecule has 1 aromatic carbocycles. The lowest BCUT2D eigenvalue weighted by Crippen LogP contribution is -2.18. The molecular weight excluding hydrogens is 380 g/mol. The molecule has 0 saturated carbocycles. The number of benzene rings is 1. The van der Waals surface area contributed by atoms with Crippen molar-refractivity contribution < 1.29 is 9.59 Å². The Hall–Kier alpha value is -2.71. The van der Waals surface area contributed by atoms with Crippen LogP contribution in [0.5, 0.6) is 0 Å². The number of carbonyl (C=O) groups excluding carboxylic acids is 2.